The Morgan fingerprint density at radius 3 is 2.53 bits per heavy atom. The Balaban J connectivity index is 1.53. The minimum Gasteiger partial charge on any atom is -0.494 e. The van der Waals surface area contributed by atoms with Gasteiger partial charge in [0.15, 0.2) is 17.3 Å². The second-order valence-corrected chi connectivity index (χ2v) is 12.8. The van der Waals surface area contributed by atoms with E-state index in [4.69, 9.17) is 15.6 Å². The molecule has 1 aromatic carbocycles. The molecule has 1 saturated carbocycles. The summed E-state index contributed by atoms with van der Waals surface area (Å²) in [6.45, 7) is 5.46. The average molecular weight is 533 g/mol. The van der Waals surface area contributed by atoms with Crippen LogP contribution >= 0.6 is 7.14 Å². The number of rotatable bonds is 9. The van der Waals surface area contributed by atoms with E-state index in [1.807, 2.05) is 48.0 Å². The van der Waals surface area contributed by atoms with Gasteiger partial charge in [-0.25, -0.2) is 4.98 Å². The van der Waals surface area contributed by atoms with Gasteiger partial charge in [0.25, 0.3) is 5.91 Å². The summed E-state index contributed by atoms with van der Waals surface area (Å²) in [6.07, 6.45) is 3.72. The standard InChI is InChI=1S/C26H29N8O3P/c1-15-10-11-28-21(12-15)30-22-13-20(24(26(27)35)32-31-22)29-18-7-5-6-17(25(18)37-2)19-14-23(38(3,4)36)34(33-19)16-8-9-16/h5-7,10-14,16H,8-9H2,1-4H3,(H2,27,35)(H2,28,29,30,31). The van der Waals surface area contributed by atoms with Gasteiger partial charge in [0.05, 0.1) is 35.7 Å². The molecule has 1 aliphatic carbocycles. The van der Waals surface area contributed by atoms with E-state index in [2.05, 4.69) is 25.8 Å². The van der Waals surface area contributed by atoms with E-state index < -0.39 is 13.0 Å². The third-order valence-electron chi connectivity index (χ3n) is 6.12. The average Bonchev–Trinajstić information content (AvgIpc) is 3.60. The van der Waals surface area contributed by atoms with E-state index >= 15 is 0 Å². The monoisotopic (exact) mass is 532 g/mol. The zero-order valence-corrected chi connectivity index (χ0v) is 22.5. The first-order chi connectivity index (χ1) is 18.1. The maximum atomic E-state index is 13.0. The van der Waals surface area contributed by atoms with E-state index in [0.29, 0.717) is 34.5 Å². The second kappa shape index (κ2) is 9.90. The van der Waals surface area contributed by atoms with Gasteiger partial charge in [0.2, 0.25) is 0 Å². The first-order valence-electron chi connectivity index (χ1n) is 12.1. The van der Waals surface area contributed by atoms with E-state index in [1.54, 1.807) is 32.7 Å². The van der Waals surface area contributed by atoms with Crippen molar-refractivity contribution in [1.29, 1.82) is 0 Å². The first kappa shape index (κ1) is 25.4. The molecule has 0 spiro atoms. The summed E-state index contributed by atoms with van der Waals surface area (Å²) < 4.78 is 20.7. The lowest BCUT2D eigenvalue weighted by atomic mass is 10.1. The maximum Gasteiger partial charge on any atom is 0.271 e. The van der Waals surface area contributed by atoms with Gasteiger partial charge >= 0.3 is 0 Å². The molecular weight excluding hydrogens is 503 g/mol. The highest BCUT2D eigenvalue weighted by atomic mass is 31.2. The van der Waals surface area contributed by atoms with Crippen molar-refractivity contribution in [1.82, 2.24) is 25.0 Å². The molecule has 38 heavy (non-hydrogen) atoms. The number of anilines is 4. The number of benzene rings is 1. The van der Waals surface area contributed by atoms with Crippen molar-refractivity contribution < 1.29 is 14.1 Å². The minimum absolute atomic E-state index is 0.0293. The molecule has 3 aromatic heterocycles. The van der Waals surface area contributed by atoms with E-state index in [9.17, 15) is 9.36 Å². The van der Waals surface area contributed by atoms with Gasteiger partial charge in [-0.3, -0.25) is 9.48 Å². The van der Waals surface area contributed by atoms with Gasteiger partial charge in [0, 0.05) is 17.8 Å². The molecule has 1 aliphatic rings. The summed E-state index contributed by atoms with van der Waals surface area (Å²) in [5, 5.41) is 19.2. The third kappa shape index (κ3) is 5.24. The lowest BCUT2D eigenvalue weighted by Crippen LogP contribution is -2.17. The summed E-state index contributed by atoms with van der Waals surface area (Å²) in [7, 11) is -0.990. The Morgan fingerprint density at radius 1 is 1.08 bits per heavy atom. The molecule has 4 N–H and O–H groups in total. The van der Waals surface area contributed by atoms with Crippen LogP contribution in [0.4, 0.5) is 23.0 Å². The number of hydrogen-bond donors (Lipinski definition) is 3. The molecule has 1 fully saturated rings. The van der Waals surface area contributed by atoms with Crippen LogP contribution in [0.1, 0.15) is 34.9 Å². The molecule has 12 heteroatoms. The fraction of sp³-hybridized carbons (Fsp3) is 0.269. The highest BCUT2D eigenvalue weighted by molar-refractivity contribution is 7.69. The molecule has 0 bridgehead atoms. The van der Waals surface area contributed by atoms with E-state index in [1.165, 1.54) is 0 Å². The van der Waals surface area contributed by atoms with Gasteiger partial charge in [-0.2, -0.15) is 5.10 Å². The molecule has 11 nitrogen and oxygen atoms in total. The van der Waals surface area contributed by atoms with Crippen molar-refractivity contribution in [2.24, 2.45) is 5.73 Å². The number of pyridine rings is 1. The fourth-order valence-corrected chi connectivity index (χ4v) is 5.31. The zero-order valence-electron chi connectivity index (χ0n) is 21.6. The van der Waals surface area contributed by atoms with Crippen molar-refractivity contribution in [2.45, 2.75) is 25.8 Å². The predicted octanol–water partition coefficient (Wildman–Crippen LogP) is 4.22. The first-order valence-corrected chi connectivity index (χ1v) is 14.7. The van der Waals surface area contributed by atoms with Gasteiger partial charge in [0.1, 0.15) is 13.0 Å². The Kier molecular flexibility index (Phi) is 6.62. The van der Waals surface area contributed by atoms with Crippen molar-refractivity contribution in [3.63, 3.8) is 0 Å². The lowest BCUT2D eigenvalue weighted by molar-refractivity contribution is 0.0995. The van der Waals surface area contributed by atoms with Crippen LogP contribution in [0.3, 0.4) is 0 Å². The number of aromatic nitrogens is 5. The number of primary amides is 1. The second-order valence-electron chi connectivity index (χ2n) is 9.63. The Morgan fingerprint density at radius 2 is 1.87 bits per heavy atom. The number of ether oxygens (including phenoxy) is 1. The zero-order chi connectivity index (χ0) is 27.0. The summed E-state index contributed by atoms with van der Waals surface area (Å²) in [5.41, 5.74) is 9.62. The summed E-state index contributed by atoms with van der Waals surface area (Å²) in [6, 6.07) is 13.1. The van der Waals surface area contributed by atoms with Crippen molar-refractivity contribution in [3.8, 4) is 17.0 Å². The summed E-state index contributed by atoms with van der Waals surface area (Å²) in [5.74, 6) is 0.733. The highest BCUT2D eigenvalue weighted by Gasteiger charge is 2.32. The van der Waals surface area contributed by atoms with Crippen molar-refractivity contribution >= 4 is 41.5 Å². The number of methoxy groups -OCH3 is 1. The van der Waals surface area contributed by atoms with Crippen LogP contribution in [0.25, 0.3) is 11.3 Å². The number of para-hydroxylation sites is 1. The molecule has 0 atom stereocenters. The van der Waals surface area contributed by atoms with Crippen LogP contribution in [0.5, 0.6) is 5.75 Å². The van der Waals surface area contributed by atoms with Crippen LogP contribution < -0.4 is 26.5 Å². The van der Waals surface area contributed by atoms with Gasteiger partial charge in [-0.05, 0) is 69.0 Å². The van der Waals surface area contributed by atoms with Crippen molar-refractivity contribution in [2.75, 3.05) is 31.1 Å². The van der Waals surface area contributed by atoms with Gasteiger partial charge < -0.3 is 25.7 Å². The van der Waals surface area contributed by atoms with Crippen LogP contribution in [0.15, 0.2) is 48.7 Å². The largest absolute Gasteiger partial charge is 0.494 e. The number of aryl methyl sites for hydroxylation is 1. The van der Waals surface area contributed by atoms with Crippen molar-refractivity contribution in [3.05, 3.63) is 59.9 Å². The van der Waals surface area contributed by atoms with E-state index in [0.717, 1.165) is 29.4 Å². The maximum absolute atomic E-state index is 13.0. The van der Waals surface area contributed by atoms with E-state index in [-0.39, 0.29) is 11.7 Å². The predicted molar refractivity (Wildman–Crippen MR) is 148 cm³/mol. The molecule has 3 heterocycles. The Bertz CT molecular complexity index is 1570. The number of nitrogens with two attached hydrogens (primary N) is 1. The number of nitrogens with one attached hydrogen (secondary N) is 2. The molecule has 4 aromatic rings. The normalized spacial score (nSPS) is 13.3. The molecule has 5 rings (SSSR count). The van der Waals surface area contributed by atoms with Gasteiger partial charge in [-0.15, -0.1) is 10.2 Å². The smallest absolute Gasteiger partial charge is 0.271 e. The number of amides is 1. The number of hydrogen-bond acceptors (Lipinski definition) is 9. The molecular formula is C26H29N8O3P. The summed E-state index contributed by atoms with van der Waals surface area (Å²) in [4.78, 5) is 16.4. The number of carbonyl (C=O) groups is 1. The molecule has 196 valence electrons. The SMILES string of the molecule is COc1c(Nc2cc(Nc3cc(C)ccn3)nnc2C(N)=O)cccc1-c1cc(P(C)(C)=O)n(C2CC2)n1. The number of carbonyl (C=O) groups excluding carboxylic acids is 1. The van der Waals surface area contributed by atoms with Gasteiger partial charge in [-0.1, -0.05) is 6.07 Å². The van der Waals surface area contributed by atoms with Crippen LogP contribution in [-0.4, -0.2) is 51.3 Å². The molecule has 1 amide bonds. The fourth-order valence-electron chi connectivity index (χ4n) is 4.17. The molecule has 0 radical (unpaired) electrons. The highest BCUT2D eigenvalue weighted by Crippen LogP contribution is 2.44. The van der Waals surface area contributed by atoms with Crippen LogP contribution in [-0.2, 0) is 4.57 Å². The Hall–Kier alpha value is -4.24. The molecule has 0 unspecified atom stereocenters. The van der Waals surface area contributed by atoms with Crippen LogP contribution in [0.2, 0.25) is 0 Å². The topological polar surface area (TPSA) is 150 Å². The molecule has 0 saturated heterocycles. The lowest BCUT2D eigenvalue weighted by Gasteiger charge is -2.16. The third-order valence-corrected chi connectivity index (χ3v) is 7.56. The number of nitrogens with zero attached hydrogens (tertiary/aromatic N) is 5. The quantitative estimate of drug-likeness (QED) is 0.269. The summed E-state index contributed by atoms with van der Waals surface area (Å²) >= 11 is 0. The Labute approximate surface area is 220 Å². The van der Waals surface area contributed by atoms with Crippen LogP contribution in [0, 0.1) is 6.92 Å². The molecule has 0 aliphatic heterocycles. The minimum atomic E-state index is -2.55.